The Balaban J connectivity index is 1.71. The monoisotopic (exact) mass is 529 g/mol. The molecule has 202 valence electrons. The number of rotatable bonds is 13. The Morgan fingerprint density at radius 1 is 1.05 bits per heavy atom. The number of nitrogens with zero attached hydrogens (tertiary/aromatic N) is 2. The van der Waals surface area contributed by atoms with E-state index in [9.17, 15) is 14.7 Å². The topological polar surface area (TPSA) is 124 Å². The summed E-state index contributed by atoms with van der Waals surface area (Å²) in [6, 6.07) is 18.6. The molecule has 0 spiro atoms. The van der Waals surface area contributed by atoms with Crippen LogP contribution in [0.2, 0.25) is 0 Å². The number of carboxylic acids is 1. The van der Waals surface area contributed by atoms with Crippen LogP contribution in [0.5, 0.6) is 11.5 Å². The van der Waals surface area contributed by atoms with E-state index in [1.54, 1.807) is 43.6 Å². The third kappa shape index (κ3) is 7.22. The zero-order valence-electron chi connectivity index (χ0n) is 21.9. The SMILES string of the molecule is CCOC(=O)c1cc(-c2ccc(OCc3cccnc3)cc2O[C@@H](CCC(=O)O)c2ccccc2CC)n[nH]1. The van der Waals surface area contributed by atoms with Gasteiger partial charge in [0.2, 0.25) is 0 Å². The van der Waals surface area contributed by atoms with E-state index in [-0.39, 0.29) is 25.1 Å². The van der Waals surface area contributed by atoms with Gasteiger partial charge in [-0.1, -0.05) is 37.3 Å². The molecule has 2 aromatic carbocycles. The van der Waals surface area contributed by atoms with Gasteiger partial charge in [0.1, 0.15) is 29.9 Å². The molecule has 9 heteroatoms. The van der Waals surface area contributed by atoms with Crippen molar-refractivity contribution in [3.8, 4) is 22.8 Å². The first kappa shape index (κ1) is 27.4. The molecule has 39 heavy (non-hydrogen) atoms. The number of aromatic amines is 1. The molecule has 4 aromatic rings. The van der Waals surface area contributed by atoms with Crippen LogP contribution in [-0.4, -0.2) is 38.8 Å². The average molecular weight is 530 g/mol. The van der Waals surface area contributed by atoms with Crippen LogP contribution in [0, 0.1) is 0 Å². The summed E-state index contributed by atoms with van der Waals surface area (Å²) in [5.41, 5.74) is 4.21. The summed E-state index contributed by atoms with van der Waals surface area (Å²) in [6.45, 7) is 4.33. The zero-order chi connectivity index (χ0) is 27.6. The van der Waals surface area contributed by atoms with Gasteiger partial charge in [-0.3, -0.25) is 14.9 Å². The lowest BCUT2D eigenvalue weighted by atomic mass is 9.97. The van der Waals surface area contributed by atoms with Crippen LogP contribution in [0.1, 0.15) is 60.0 Å². The quantitative estimate of drug-likeness (QED) is 0.209. The Morgan fingerprint density at radius 2 is 1.90 bits per heavy atom. The van der Waals surface area contributed by atoms with Crippen molar-refractivity contribution in [2.45, 2.75) is 45.8 Å². The third-order valence-electron chi connectivity index (χ3n) is 6.10. The molecule has 0 amide bonds. The highest BCUT2D eigenvalue weighted by Crippen LogP contribution is 2.38. The molecule has 0 aliphatic carbocycles. The molecule has 0 saturated heterocycles. The first-order valence-electron chi connectivity index (χ1n) is 12.8. The average Bonchev–Trinajstić information content (AvgIpc) is 3.45. The fourth-order valence-electron chi connectivity index (χ4n) is 4.18. The van der Waals surface area contributed by atoms with Gasteiger partial charge < -0.3 is 19.3 Å². The lowest BCUT2D eigenvalue weighted by molar-refractivity contribution is -0.137. The van der Waals surface area contributed by atoms with E-state index in [4.69, 9.17) is 14.2 Å². The lowest BCUT2D eigenvalue weighted by Gasteiger charge is -2.23. The van der Waals surface area contributed by atoms with E-state index in [1.807, 2.05) is 43.3 Å². The minimum Gasteiger partial charge on any atom is -0.489 e. The second-order valence-electron chi connectivity index (χ2n) is 8.79. The first-order chi connectivity index (χ1) is 19.0. The van der Waals surface area contributed by atoms with Crippen LogP contribution in [0.25, 0.3) is 11.3 Å². The van der Waals surface area contributed by atoms with E-state index in [2.05, 4.69) is 15.2 Å². The van der Waals surface area contributed by atoms with Crippen molar-refractivity contribution in [1.29, 1.82) is 0 Å². The molecular weight excluding hydrogens is 498 g/mol. The molecule has 0 bridgehead atoms. The Morgan fingerprint density at radius 3 is 2.64 bits per heavy atom. The standard InChI is InChI=1S/C30H31N3O6/c1-3-21-9-5-6-10-23(21)27(13-14-29(34)35)39-28-16-22(38-19-20-8-7-15-31-18-20)11-12-24(28)25-17-26(33-32-25)30(36)37-4-2/h5-12,15-18,27H,3-4,13-14,19H2,1-2H3,(H,32,33)(H,34,35)/t27-/m0/s1. The maximum Gasteiger partial charge on any atom is 0.356 e. The normalized spacial score (nSPS) is 11.5. The molecule has 0 unspecified atom stereocenters. The summed E-state index contributed by atoms with van der Waals surface area (Å²) in [5, 5.41) is 16.5. The Labute approximate surface area is 226 Å². The van der Waals surface area contributed by atoms with Crippen LogP contribution < -0.4 is 9.47 Å². The largest absolute Gasteiger partial charge is 0.489 e. The number of carboxylic acid groups (broad SMARTS) is 1. The molecule has 4 rings (SSSR count). The van der Waals surface area contributed by atoms with Crippen molar-refractivity contribution in [1.82, 2.24) is 15.2 Å². The minimum atomic E-state index is -0.905. The number of pyridine rings is 1. The van der Waals surface area contributed by atoms with Crippen LogP contribution in [0.3, 0.4) is 0 Å². The first-order valence-corrected chi connectivity index (χ1v) is 12.8. The number of carbonyl (C=O) groups is 2. The number of ether oxygens (including phenoxy) is 3. The van der Waals surface area contributed by atoms with Crippen molar-refractivity contribution in [3.63, 3.8) is 0 Å². The van der Waals surface area contributed by atoms with E-state index in [0.29, 0.717) is 29.4 Å². The summed E-state index contributed by atoms with van der Waals surface area (Å²) < 4.78 is 17.7. The van der Waals surface area contributed by atoms with Gasteiger partial charge in [-0.2, -0.15) is 5.10 Å². The molecule has 2 N–H and O–H groups in total. The minimum absolute atomic E-state index is 0.0648. The number of hydrogen-bond donors (Lipinski definition) is 2. The van der Waals surface area contributed by atoms with E-state index in [1.165, 1.54) is 0 Å². The van der Waals surface area contributed by atoms with Crippen LogP contribution in [0.4, 0.5) is 0 Å². The zero-order valence-corrected chi connectivity index (χ0v) is 21.9. The number of nitrogens with one attached hydrogen (secondary N) is 1. The number of esters is 1. The molecule has 2 aromatic heterocycles. The highest BCUT2D eigenvalue weighted by molar-refractivity contribution is 5.89. The second-order valence-corrected chi connectivity index (χ2v) is 8.79. The van der Waals surface area contributed by atoms with E-state index in [0.717, 1.165) is 23.1 Å². The van der Waals surface area contributed by atoms with Crippen molar-refractivity contribution >= 4 is 11.9 Å². The van der Waals surface area contributed by atoms with Gasteiger partial charge in [0, 0.05) is 36.0 Å². The van der Waals surface area contributed by atoms with Crippen molar-refractivity contribution in [2.75, 3.05) is 6.61 Å². The third-order valence-corrected chi connectivity index (χ3v) is 6.10. The predicted octanol–water partition coefficient (Wildman–Crippen LogP) is 5.77. The maximum atomic E-state index is 12.2. The Hall–Kier alpha value is -4.66. The summed E-state index contributed by atoms with van der Waals surface area (Å²) in [4.78, 5) is 27.8. The Bertz CT molecular complexity index is 1400. The number of carbonyl (C=O) groups excluding carboxylic acids is 1. The Kier molecular flexibility index (Phi) is 9.29. The highest BCUT2D eigenvalue weighted by Gasteiger charge is 2.22. The van der Waals surface area contributed by atoms with Crippen molar-refractivity contribution in [2.24, 2.45) is 0 Å². The maximum absolute atomic E-state index is 12.2. The molecular formula is C30H31N3O6. The number of aliphatic carboxylic acids is 1. The van der Waals surface area contributed by atoms with Gasteiger partial charge in [-0.05, 0) is 55.2 Å². The van der Waals surface area contributed by atoms with Gasteiger partial charge in [0.25, 0.3) is 0 Å². The lowest BCUT2D eigenvalue weighted by Crippen LogP contribution is -2.13. The van der Waals surface area contributed by atoms with Crippen LogP contribution in [0.15, 0.2) is 73.1 Å². The smallest absolute Gasteiger partial charge is 0.356 e. The molecule has 1 atom stereocenters. The number of hydrogen-bond acceptors (Lipinski definition) is 7. The second kappa shape index (κ2) is 13.2. The van der Waals surface area contributed by atoms with E-state index >= 15 is 0 Å². The van der Waals surface area contributed by atoms with Crippen molar-refractivity contribution < 1.29 is 28.9 Å². The van der Waals surface area contributed by atoms with Gasteiger partial charge in [0.15, 0.2) is 0 Å². The van der Waals surface area contributed by atoms with Gasteiger partial charge in [-0.15, -0.1) is 0 Å². The summed E-state index contributed by atoms with van der Waals surface area (Å²) in [7, 11) is 0. The summed E-state index contributed by atoms with van der Waals surface area (Å²) in [6.07, 6.45) is 3.87. The number of aromatic nitrogens is 3. The number of benzene rings is 2. The highest BCUT2D eigenvalue weighted by atomic mass is 16.5. The molecule has 0 aliphatic rings. The van der Waals surface area contributed by atoms with Crippen molar-refractivity contribution in [3.05, 3.63) is 95.4 Å². The fourth-order valence-corrected chi connectivity index (χ4v) is 4.18. The molecule has 0 saturated carbocycles. The molecule has 0 fully saturated rings. The summed E-state index contributed by atoms with van der Waals surface area (Å²) >= 11 is 0. The van der Waals surface area contributed by atoms with Gasteiger partial charge >= 0.3 is 11.9 Å². The number of H-pyrrole nitrogens is 1. The van der Waals surface area contributed by atoms with Crippen LogP contribution >= 0.6 is 0 Å². The molecule has 0 aliphatic heterocycles. The van der Waals surface area contributed by atoms with Crippen LogP contribution in [-0.2, 0) is 22.6 Å². The van der Waals surface area contributed by atoms with E-state index < -0.39 is 18.0 Å². The molecule has 9 nitrogen and oxygen atoms in total. The molecule has 0 radical (unpaired) electrons. The number of aryl methyl sites for hydroxylation is 1. The van der Waals surface area contributed by atoms with Gasteiger partial charge in [-0.25, -0.2) is 4.79 Å². The predicted molar refractivity (Wildman–Crippen MR) is 145 cm³/mol. The molecule has 2 heterocycles. The summed E-state index contributed by atoms with van der Waals surface area (Å²) in [5.74, 6) is -0.412. The fraction of sp³-hybridized carbons (Fsp3) is 0.267. The van der Waals surface area contributed by atoms with Gasteiger partial charge in [0.05, 0.1) is 12.3 Å².